The zero-order valence-electron chi connectivity index (χ0n) is 15.2. The van der Waals surface area contributed by atoms with Crippen molar-refractivity contribution in [2.45, 2.75) is 84.0 Å². The zero-order chi connectivity index (χ0) is 17.9. The average Bonchev–Trinajstić information content (AvgIpc) is 2.58. The fourth-order valence-electron chi connectivity index (χ4n) is 2.26. The fraction of sp³-hybridized carbons (Fsp3) is 0.789. The summed E-state index contributed by atoms with van der Waals surface area (Å²) in [5, 5.41) is 11.2. The molecule has 5 heteroatoms. The Bertz CT molecular complexity index is 342. The summed E-state index contributed by atoms with van der Waals surface area (Å²) in [6, 6.07) is 0. The first-order valence-corrected chi connectivity index (χ1v) is 9.42. The second kappa shape index (κ2) is 18.0. The Labute approximate surface area is 146 Å². The Hall–Kier alpha value is -1.36. The van der Waals surface area contributed by atoms with Crippen LogP contribution in [0.1, 0.15) is 84.0 Å². The van der Waals surface area contributed by atoms with Crippen LogP contribution in [0.15, 0.2) is 12.3 Å². The van der Waals surface area contributed by atoms with E-state index in [9.17, 15) is 9.59 Å². The van der Waals surface area contributed by atoms with Crippen molar-refractivity contribution in [2.75, 3.05) is 13.2 Å². The van der Waals surface area contributed by atoms with Crippen LogP contribution in [-0.2, 0) is 14.3 Å². The molecular formula is C19H35NO4. The Balaban J connectivity index is 3.40. The van der Waals surface area contributed by atoms with Crippen LogP contribution < -0.4 is 5.32 Å². The maximum absolute atomic E-state index is 11.4. The molecule has 0 unspecified atom stereocenters. The van der Waals surface area contributed by atoms with Crippen molar-refractivity contribution in [3.63, 3.8) is 0 Å². The number of carbonyl (C=O) groups excluding carboxylic acids is 2. The highest BCUT2D eigenvalue weighted by Crippen LogP contribution is 2.09. The normalized spacial score (nSPS) is 10.9. The highest BCUT2D eigenvalue weighted by Gasteiger charge is 2.06. The summed E-state index contributed by atoms with van der Waals surface area (Å²) in [6.07, 6.45) is 15.2. The first-order chi connectivity index (χ1) is 11.7. The molecule has 0 saturated carbocycles. The summed E-state index contributed by atoms with van der Waals surface area (Å²) in [7, 11) is 0. The molecule has 0 aliphatic carbocycles. The number of aliphatic hydroxyl groups excluding tert-OH is 1. The quantitative estimate of drug-likeness (QED) is 0.254. The van der Waals surface area contributed by atoms with Gasteiger partial charge in [0, 0.05) is 19.6 Å². The van der Waals surface area contributed by atoms with E-state index in [-0.39, 0.29) is 31.3 Å². The molecule has 0 heterocycles. The van der Waals surface area contributed by atoms with E-state index in [1.807, 2.05) is 6.08 Å². The van der Waals surface area contributed by atoms with Gasteiger partial charge in [0.15, 0.2) is 0 Å². The highest BCUT2D eigenvalue weighted by molar-refractivity contribution is 5.81. The molecule has 0 aromatic rings. The van der Waals surface area contributed by atoms with Gasteiger partial charge in [-0.05, 0) is 25.3 Å². The molecule has 140 valence electrons. The summed E-state index contributed by atoms with van der Waals surface area (Å²) >= 11 is 0. The van der Waals surface area contributed by atoms with Gasteiger partial charge in [0.05, 0.1) is 12.7 Å². The minimum Gasteiger partial charge on any atom is -0.435 e. The molecule has 0 spiro atoms. The largest absolute Gasteiger partial charge is 0.435 e. The maximum Gasteiger partial charge on any atom is 0.311 e. The minimum atomic E-state index is -0.389. The van der Waals surface area contributed by atoms with Gasteiger partial charge in [-0.2, -0.15) is 0 Å². The van der Waals surface area contributed by atoms with Crippen molar-refractivity contribution < 1.29 is 19.4 Å². The molecule has 0 rings (SSSR count). The van der Waals surface area contributed by atoms with Gasteiger partial charge in [0.2, 0.25) is 5.91 Å². The van der Waals surface area contributed by atoms with E-state index in [0.717, 1.165) is 12.8 Å². The molecule has 0 aliphatic rings. The smallest absolute Gasteiger partial charge is 0.311 e. The van der Waals surface area contributed by atoms with E-state index in [2.05, 4.69) is 12.2 Å². The Morgan fingerprint density at radius 1 is 0.958 bits per heavy atom. The van der Waals surface area contributed by atoms with Crippen LogP contribution in [0.3, 0.4) is 0 Å². The monoisotopic (exact) mass is 341 g/mol. The van der Waals surface area contributed by atoms with Crippen LogP contribution >= 0.6 is 0 Å². The fourth-order valence-corrected chi connectivity index (χ4v) is 2.26. The van der Waals surface area contributed by atoms with E-state index in [1.54, 1.807) is 0 Å². The van der Waals surface area contributed by atoms with Gasteiger partial charge in [-0.3, -0.25) is 9.59 Å². The number of esters is 1. The van der Waals surface area contributed by atoms with Crippen molar-refractivity contribution in [2.24, 2.45) is 0 Å². The molecule has 0 saturated heterocycles. The van der Waals surface area contributed by atoms with Crippen LogP contribution in [0.25, 0.3) is 0 Å². The molecule has 5 nitrogen and oxygen atoms in total. The van der Waals surface area contributed by atoms with Crippen LogP contribution in [0.4, 0.5) is 0 Å². The lowest BCUT2D eigenvalue weighted by molar-refractivity contribution is -0.139. The number of ether oxygens (including phenoxy) is 1. The van der Waals surface area contributed by atoms with Gasteiger partial charge < -0.3 is 15.2 Å². The Morgan fingerprint density at radius 3 is 2.29 bits per heavy atom. The number of nitrogens with one attached hydrogen (secondary N) is 1. The highest BCUT2D eigenvalue weighted by atomic mass is 16.5. The van der Waals surface area contributed by atoms with Crippen molar-refractivity contribution in [1.29, 1.82) is 0 Å². The van der Waals surface area contributed by atoms with Crippen molar-refractivity contribution in [3.05, 3.63) is 12.3 Å². The molecule has 0 fully saturated rings. The molecule has 0 radical (unpaired) electrons. The molecule has 1 amide bonds. The number of amides is 1. The van der Waals surface area contributed by atoms with Gasteiger partial charge in [0.25, 0.3) is 0 Å². The van der Waals surface area contributed by atoms with E-state index >= 15 is 0 Å². The number of carbonyl (C=O) groups is 2. The molecular weight excluding hydrogens is 306 g/mol. The van der Waals surface area contributed by atoms with Crippen molar-refractivity contribution in [1.82, 2.24) is 5.32 Å². The second-order valence-electron chi connectivity index (χ2n) is 6.05. The van der Waals surface area contributed by atoms with Crippen molar-refractivity contribution >= 4 is 11.9 Å². The third-order valence-electron chi connectivity index (χ3n) is 3.73. The standard InChI is InChI=1S/C19H35NO4/c1-2-3-4-5-6-7-8-9-10-11-17-24-19(23)14-13-18(22)20-15-12-16-21/h11,17,21H,2-10,12-16H2,1H3,(H,20,22). The van der Waals surface area contributed by atoms with E-state index in [0.29, 0.717) is 13.0 Å². The van der Waals surface area contributed by atoms with Crippen molar-refractivity contribution in [3.8, 4) is 0 Å². The van der Waals surface area contributed by atoms with Gasteiger partial charge >= 0.3 is 5.97 Å². The van der Waals surface area contributed by atoms with E-state index in [4.69, 9.17) is 9.84 Å². The molecule has 0 aliphatic heterocycles. The van der Waals surface area contributed by atoms with Crippen LogP contribution in [-0.4, -0.2) is 30.1 Å². The number of allylic oxidation sites excluding steroid dienone is 1. The predicted octanol–water partition coefficient (Wildman–Crippen LogP) is 3.85. The predicted molar refractivity (Wildman–Crippen MR) is 96.4 cm³/mol. The third-order valence-corrected chi connectivity index (χ3v) is 3.73. The van der Waals surface area contributed by atoms with Gasteiger partial charge in [-0.15, -0.1) is 0 Å². The Morgan fingerprint density at radius 2 is 1.62 bits per heavy atom. The number of aliphatic hydroxyl groups is 1. The first kappa shape index (κ1) is 22.6. The Kier molecular flexibility index (Phi) is 17.0. The van der Waals surface area contributed by atoms with Gasteiger partial charge in [-0.25, -0.2) is 0 Å². The summed E-state index contributed by atoms with van der Waals surface area (Å²) in [5.74, 6) is -0.581. The summed E-state index contributed by atoms with van der Waals surface area (Å²) in [5.41, 5.74) is 0. The van der Waals surface area contributed by atoms with Gasteiger partial charge in [-0.1, -0.05) is 51.9 Å². The molecule has 24 heavy (non-hydrogen) atoms. The number of hydrogen-bond donors (Lipinski definition) is 2. The summed E-state index contributed by atoms with van der Waals surface area (Å²) in [6.45, 7) is 2.71. The summed E-state index contributed by atoms with van der Waals surface area (Å²) < 4.78 is 4.95. The topological polar surface area (TPSA) is 75.6 Å². The molecule has 2 N–H and O–H groups in total. The summed E-state index contributed by atoms with van der Waals surface area (Å²) in [4.78, 5) is 22.8. The number of unbranched alkanes of at least 4 members (excludes halogenated alkanes) is 8. The molecule has 0 bridgehead atoms. The average molecular weight is 341 g/mol. The first-order valence-electron chi connectivity index (χ1n) is 9.42. The number of rotatable bonds is 16. The molecule has 0 aromatic heterocycles. The SMILES string of the molecule is CCCCCCCCCCC=COC(=O)CCC(=O)NCCCO. The zero-order valence-corrected chi connectivity index (χ0v) is 15.2. The van der Waals surface area contributed by atoms with Crippen LogP contribution in [0.5, 0.6) is 0 Å². The van der Waals surface area contributed by atoms with Crippen LogP contribution in [0, 0.1) is 0 Å². The lowest BCUT2D eigenvalue weighted by Crippen LogP contribution is -2.25. The van der Waals surface area contributed by atoms with Crippen LogP contribution in [0.2, 0.25) is 0 Å². The third kappa shape index (κ3) is 17.0. The molecule has 0 atom stereocenters. The number of hydrogen-bond acceptors (Lipinski definition) is 4. The minimum absolute atomic E-state index is 0.0476. The molecule has 0 aromatic carbocycles. The lowest BCUT2D eigenvalue weighted by atomic mass is 10.1. The van der Waals surface area contributed by atoms with E-state index in [1.165, 1.54) is 51.2 Å². The van der Waals surface area contributed by atoms with Gasteiger partial charge in [0.1, 0.15) is 0 Å². The second-order valence-corrected chi connectivity index (χ2v) is 6.05. The lowest BCUT2D eigenvalue weighted by Gasteiger charge is -2.03. The van der Waals surface area contributed by atoms with E-state index < -0.39 is 0 Å². The maximum atomic E-state index is 11.4.